The fourth-order valence-corrected chi connectivity index (χ4v) is 3.96. The average molecular weight is 250 g/mol. The van der Waals surface area contributed by atoms with Crippen molar-refractivity contribution in [1.29, 1.82) is 0 Å². The molecule has 1 amide bonds. The van der Waals surface area contributed by atoms with Crippen LogP contribution >= 0.6 is 0 Å². The van der Waals surface area contributed by atoms with Crippen LogP contribution in [0.5, 0.6) is 0 Å². The summed E-state index contributed by atoms with van der Waals surface area (Å²) in [5.41, 5.74) is 0.0758. The van der Waals surface area contributed by atoms with Gasteiger partial charge >= 0.3 is 0 Å². The zero-order valence-electron chi connectivity index (χ0n) is 11.6. The summed E-state index contributed by atoms with van der Waals surface area (Å²) in [7, 11) is 0. The van der Waals surface area contributed by atoms with E-state index in [4.69, 9.17) is 0 Å². The second-order valence-corrected chi connectivity index (χ2v) is 6.58. The Morgan fingerprint density at radius 3 is 2.33 bits per heavy atom. The van der Waals surface area contributed by atoms with Gasteiger partial charge in [0.05, 0.1) is 0 Å². The lowest BCUT2D eigenvalue weighted by Crippen LogP contribution is -2.38. The number of fused-ring (bicyclic) bond motifs is 1. The maximum Gasteiger partial charge on any atom is 0.228 e. The summed E-state index contributed by atoms with van der Waals surface area (Å²) in [6.45, 7) is 6.56. The molecule has 0 aromatic rings. The summed E-state index contributed by atoms with van der Waals surface area (Å²) < 4.78 is 0. The summed E-state index contributed by atoms with van der Waals surface area (Å²) >= 11 is 0. The van der Waals surface area contributed by atoms with Gasteiger partial charge < -0.3 is 10.2 Å². The van der Waals surface area contributed by atoms with E-state index in [1.807, 2.05) is 0 Å². The van der Waals surface area contributed by atoms with Crippen LogP contribution < -0.4 is 5.32 Å². The first kappa shape index (κ1) is 12.5. The Labute approximate surface area is 110 Å². The number of carbonyl (C=O) groups excluding carboxylic acids is 1. The third-order valence-electron chi connectivity index (χ3n) is 5.34. The van der Waals surface area contributed by atoms with Crippen LogP contribution in [-0.2, 0) is 4.79 Å². The molecule has 0 aromatic heterocycles. The molecule has 2 atom stereocenters. The zero-order valence-corrected chi connectivity index (χ0v) is 11.6. The van der Waals surface area contributed by atoms with Crippen LogP contribution in [0.4, 0.5) is 0 Å². The number of hydrogen-bond donors (Lipinski definition) is 1. The second-order valence-electron chi connectivity index (χ2n) is 6.58. The Bertz CT molecular complexity index is 310. The zero-order chi connectivity index (χ0) is 12.6. The Morgan fingerprint density at radius 2 is 1.83 bits per heavy atom. The minimum Gasteiger partial charge on any atom is -0.342 e. The van der Waals surface area contributed by atoms with Crippen LogP contribution in [0.15, 0.2) is 0 Å². The normalized spacial score (nSPS) is 33.9. The van der Waals surface area contributed by atoms with Crippen LogP contribution in [0.25, 0.3) is 0 Å². The summed E-state index contributed by atoms with van der Waals surface area (Å²) in [5.74, 6) is 2.13. The van der Waals surface area contributed by atoms with E-state index in [0.717, 1.165) is 50.6 Å². The van der Waals surface area contributed by atoms with Gasteiger partial charge in [-0.1, -0.05) is 13.3 Å². The molecule has 1 N–H and O–H groups in total. The molecule has 3 nitrogen and oxygen atoms in total. The first-order valence-corrected chi connectivity index (χ1v) is 7.75. The van der Waals surface area contributed by atoms with E-state index in [-0.39, 0.29) is 5.41 Å². The molecule has 1 saturated carbocycles. The fraction of sp³-hybridized carbons (Fsp3) is 0.933. The molecule has 1 aliphatic carbocycles. The minimum absolute atomic E-state index is 0.0758. The topological polar surface area (TPSA) is 32.3 Å². The standard InChI is InChI=1S/C15H26N2O/c1-2-5-15(6-7-15)14(18)17-8-3-12-10-16-11-13(12)4-9-17/h12-13,16H,2-11H2,1H3/t12-,13+. The number of nitrogens with zero attached hydrogens (tertiary/aromatic N) is 1. The molecule has 102 valence electrons. The first-order valence-electron chi connectivity index (χ1n) is 7.75. The molecule has 3 aliphatic rings. The number of nitrogens with one attached hydrogen (secondary N) is 1. The highest BCUT2D eigenvalue weighted by molar-refractivity contribution is 5.85. The van der Waals surface area contributed by atoms with E-state index in [9.17, 15) is 4.79 Å². The fourth-order valence-electron chi connectivity index (χ4n) is 3.96. The predicted molar refractivity (Wildman–Crippen MR) is 72.2 cm³/mol. The van der Waals surface area contributed by atoms with Gasteiger partial charge in [0, 0.05) is 18.5 Å². The molecule has 0 aromatic carbocycles. The number of amides is 1. The van der Waals surface area contributed by atoms with Crippen LogP contribution in [0.1, 0.15) is 45.4 Å². The van der Waals surface area contributed by atoms with Gasteiger partial charge in [-0.3, -0.25) is 4.79 Å². The third-order valence-corrected chi connectivity index (χ3v) is 5.34. The van der Waals surface area contributed by atoms with Crippen molar-refractivity contribution in [2.45, 2.75) is 45.4 Å². The number of carbonyl (C=O) groups is 1. The maximum absolute atomic E-state index is 12.7. The molecule has 0 radical (unpaired) electrons. The van der Waals surface area contributed by atoms with Gasteiger partial charge in [-0.15, -0.1) is 0 Å². The Kier molecular flexibility index (Phi) is 3.35. The third kappa shape index (κ3) is 2.18. The molecule has 0 bridgehead atoms. The van der Waals surface area contributed by atoms with Crippen molar-refractivity contribution in [3.63, 3.8) is 0 Å². The van der Waals surface area contributed by atoms with Crippen LogP contribution in [0.3, 0.4) is 0 Å². The molecular weight excluding hydrogens is 224 g/mol. The summed E-state index contributed by atoms with van der Waals surface area (Å²) in [6.07, 6.45) is 6.97. The smallest absolute Gasteiger partial charge is 0.228 e. The second kappa shape index (κ2) is 4.84. The van der Waals surface area contributed by atoms with E-state index < -0.39 is 0 Å². The lowest BCUT2D eigenvalue weighted by molar-refractivity contribution is -0.137. The van der Waals surface area contributed by atoms with Gasteiger partial charge in [-0.25, -0.2) is 0 Å². The molecule has 3 fully saturated rings. The van der Waals surface area contributed by atoms with Crippen LogP contribution in [0.2, 0.25) is 0 Å². The highest BCUT2D eigenvalue weighted by Crippen LogP contribution is 2.51. The van der Waals surface area contributed by atoms with Crippen LogP contribution in [-0.4, -0.2) is 37.0 Å². The Balaban J connectivity index is 1.61. The van der Waals surface area contributed by atoms with E-state index in [1.165, 1.54) is 25.9 Å². The van der Waals surface area contributed by atoms with Crippen molar-refractivity contribution < 1.29 is 4.79 Å². The van der Waals surface area contributed by atoms with Crippen molar-refractivity contribution in [1.82, 2.24) is 10.2 Å². The minimum atomic E-state index is 0.0758. The highest BCUT2D eigenvalue weighted by Gasteiger charge is 2.50. The van der Waals surface area contributed by atoms with Crippen molar-refractivity contribution in [3.8, 4) is 0 Å². The van der Waals surface area contributed by atoms with E-state index in [2.05, 4.69) is 17.1 Å². The van der Waals surface area contributed by atoms with Gasteiger partial charge in [0.15, 0.2) is 0 Å². The first-order chi connectivity index (χ1) is 8.75. The number of likely N-dealkylation sites (tertiary alicyclic amines) is 1. The van der Waals surface area contributed by atoms with E-state index >= 15 is 0 Å². The molecule has 18 heavy (non-hydrogen) atoms. The predicted octanol–water partition coefficient (Wildman–Crippen LogP) is 2.02. The van der Waals surface area contributed by atoms with Crippen molar-refractivity contribution in [2.75, 3.05) is 26.2 Å². The van der Waals surface area contributed by atoms with E-state index in [0.29, 0.717) is 5.91 Å². The molecule has 3 heteroatoms. The van der Waals surface area contributed by atoms with Gasteiger partial charge in [-0.2, -0.15) is 0 Å². The lowest BCUT2D eigenvalue weighted by Gasteiger charge is -2.26. The van der Waals surface area contributed by atoms with Gasteiger partial charge in [0.2, 0.25) is 5.91 Å². The number of rotatable bonds is 3. The van der Waals surface area contributed by atoms with Crippen LogP contribution in [0, 0.1) is 17.3 Å². The molecule has 2 saturated heterocycles. The van der Waals surface area contributed by atoms with Crippen molar-refractivity contribution >= 4 is 5.91 Å². The van der Waals surface area contributed by atoms with Gasteiger partial charge in [-0.05, 0) is 57.0 Å². The SMILES string of the molecule is CCCC1(C(=O)N2CC[C@@H]3CNC[C@@H]3CC2)CC1. The van der Waals surface area contributed by atoms with Gasteiger partial charge in [0.1, 0.15) is 0 Å². The monoisotopic (exact) mass is 250 g/mol. The summed E-state index contributed by atoms with van der Waals surface area (Å²) in [4.78, 5) is 14.9. The largest absolute Gasteiger partial charge is 0.342 e. The average Bonchev–Trinajstić information content (AvgIpc) is 3.07. The molecule has 2 heterocycles. The molecular formula is C15H26N2O. The highest BCUT2D eigenvalue weighted by atomic mass is 16.2. The van der Waals surface area contributed by atoms with Crippen molar-refractivity contribution in [2.24, 2.45) is 17.3 Å². The number of hydrogen-bond acceptors (Lipinski definition) is 2. The summed E-state index contributed by atoms with van der Waals surface area (Å²) in [6, 6.07) is 0. The Morgan fingerprint density at radius 1 is 1.22 bits per heavy atom. The lowest BCUT2D eigenvalue weighted by atomic mass is 9.92. The maximum atomic E-state index is 12.7. The Hall–Kier alpha value is -0.570. The van der Waals surface area contributed by atoms with Crippen molar-refractivity contribution in [3.05, 3.63) is 0 Å². The molecule has 0 unspecified atom stereocenters. The molecule has 0 spiro atoms. The van der Waals surface area contributed by atoms with Gasteiger partial charge in [0.25, 0.3) is 0 Å². The summed E-state index contributed by atoms with van der Waals surface area (Å²) in [5, 5.41) is 3.50. The molecule has 2 aliphatic heterocycles. The molecule has 3 rings (SSSR count). The van der Waals surface area contributed by atoms with E-state index in [1.54, 1.807) is 0 Å². The quantitative estimate of drug-likeness (QED) is 0.831.